The van der Waals surface area contributed by atoms with Gasteiger partial charge in [-0.2, -0.15) is 0 Å². The van der Waals surface area contributed by atoms with Gasteiger partial charge in [0.05, 0.1) is 29.6 Å². The third-order valence-corrected chi connectivity index (χ3v) is 8.80. The summed E-state index contributed by atoms with van der Waals surface area (Å²) in [5.41, 5.74) is 5.39. The molecule has 3 aliphatic rings. The van der Waals surface area contributed by atoms with Gasteiger partial charge in [-0.15, -0.1) is 0 Å². The maximum Gasteiger partial charge on any atom is 0.340 e. The minimum atomic E-state index is -1.13. The van der Waals surface area contributed by atoms with Crippen molar-refractivity contribution in [2.45, 2.75) is 18.9 Å². The number of carbonyl (C=O) groups is 2. The number of esters is 2. The molecule has 1 saturated heterocycles. The molecule has 1 aliphatic carbocycles. The molecule has 3 aromatic carbocycles. The number of rotatable bonds is 8. The van der Waals surface area contributed by atoms with Crippen LogP contribution in [0.2, 0.25) is 0 Å². The fourth-order valence-corrected chi connectivity index (χ4v) is 6.67. The highest BCUT2D eigenvalue weighted by Crippen LogP contribution is 2.46. The fraction of sp³-hybridized carbons (Fsp3) is 0.294. The Morgan fingerprint density at radius 2 is 1.58 bits per heavy atom. The molecule has 1 unspecified atom stereocenters. The van der Waals surface area contributed by atoms with Gasteiger partial charge >= 0.3 is 11.9 Å². The van der Waals surface area contributed by atoms with Gasteiger partial charge in [-0.25, -0.2) is 9.59 Å². The van der Waals surface area contributed by atoms with E-state index in [1.165, 1.54) is 40.5 Å². The van der Waals surface area contributed by atoms with Crippen LogP contribution in [0.3, 0.4) is 0 Å². The molecule has 1 atom stereocenters. The van der Waals surface area contributed by atoms with E-state index >= 15 is 0 Å². The fourth-order valence-electron chi connectivity index (χ4n) is 6.67. The zero-order valence-corrected chi connectivity index (χ0v) is 25.1. The van der Waals surface area contributed by atoms with Crippen LogP contribution in [0, 0.1) is 10.1 Å². The molecule has 2 heterocycles. The number of nitro groups is 1. The second kappa shape index (κ2) is 12.5. The number of hydrogen-bond donors (Lipinski definition) is 2. The van der Waals surface area contributed by atoms with Crippen LogP contribution >= 0.6 is 0 Å². The van der Waals surface area contributed by atoms with E-state index < -0.39 is 28.7 Å². The van der Waals surface area contributed by atoms with Crippen LogP contribution in [0.25, 0.3) is 11.1 Å². The van der Waals surface area contributed by atoms with E-state index in [0.29, 0.717) is 6.54 Å². The Kier molecular flexibility index (Phi) is 8.38. The number of piperazine rings is 1. The molecule has 2 aliphatic heterocycles. The lowest BCUT2D eigenvalue weighted by Crippen LogP contribution is -2.48. The predicted molar refractivity (Wildman–Crippen MR) is 166 cm³/mol. The summed E-state index contributed by atoms with van der Waals surface area (Å²) in [6, 6.07) is 23.0. The Balaban J connectivity index is 1.12. The van der Waals surface area contributed by atoms with E-state index in [0.717, 1.165) is 33.3 Å². The number of nitro benzene ring substituents is 1. The lowest BCUT2D eigenvalue weighted by molar-refractivity contribution is -0.384. The van der Waals surface area contributed by atoms with E-state index in [2.05, 4.69) is 63.6 Å². The second-order valence-corrected chi connectivity index (χ2v) is 11.3. The number of allylic oxidation sites excluding steroid dienone is 1. The first-order chi connectivity index (χ1) is 21.8. The number of aliphatic hydroxyl groups excluding tert-OH is 1. The molecule has 11 heteroatoms. The van der Waals surface area contributed by atoms with Crippen LogP contribution < -0.4 is 5.32 Å². The van der Waals surface area contributed by atoms with Gasteiger partial charge in [0.15, 0.2) is 5.88 Å². The van der Waals surface area contributed by atoms with E-state index in [1.807, 2.05) is 0 Å². The van der Waals surface area contributed by atoms with Gasteiger partial charge in [0, 0.05) is 50.6 Å². The first kappa shape index (κ1) is 30.0. The zero-order chi connectivity index (χ0) is 31.7. The number of dihydropyridines is 1. The molecule has 0 saturated carbocycles. The van der Waals surface area contributed by atoms with Crippen molar-refractivity contribution >= 4 is 17.6 Å². The number of nitrogens with zero attached hydrogens (tertiary/aromatic N) is 3. The molecule has 45 heavy (non-hydrogen) atoms. The lowest BCUT2D eigenvalue weighted by atomic mass is 9.81. The van der Waals surface area contributed by atoms with E-state index in [4.69, 9.17) is 9.47 Å². The zero-order valence-electron chi connectivity index (χ0n) is 25.1. The van der Waals surface area contributed by atoms with Crippen molar-refractivity contribution in [2.75, 3.05) is 46.4 Å². The minimum absolute atomic E-state index is 0.0667. The highest BCUT2D eigenvalue weighted by molar-refractivity contribution is 5.99. The summed E-state index contributed by atoms with van der Waals surface area (Å²) in [6.07, 6.45) is 0. The van der Waals surface area contributed by atoms with Gasteiger partial charge in [-0.05, 0) is 34.7 Å². The van der Waals surface area contributed by atoms with Crippen LogP contribution in [0.15, 0.2) is 95.5 Å². The molecule has 0 radical (unpaired) electrons. The summed E-state index contributed by atoms with van der Waals surface area (Å²) in [5, 5.41) is 24.8. The number of carbonyl (C=O) groups excluding carboxylic acids is 2. The van der Waals surface area contributed by atoms with Crippen LogP contribution in [0.1, 0.15) is 35.6 Å². The Labute approximate surface area is 260 Å². The molecule has 1 fully saturated rings. The Morgan fingerprint density at radius 1 is 0.933 bits per heavy atom. The Morgan fingerprint density at radius 3 is 2.20 bits per heavy atom. The SMILES string of the molecule is COC(=O)C1=C(O)NC(C)=C(C(=O)OCCN2CCN(C3c4ccccc4-c4ccccc43)CC2)C1c1cccc([N+](=O)[O-])c1. The third-order valence-electron chi connectivity index (χ3n) is 8.80. The number of fused-ring (bicyclic) bond motifs is 3. The molecule has 2 N–H and O–H groups in total. The number of non-ortho nitro benzene ring substituents is 1. The lowest BCUT2D eigenvalue weighted by Gasteiger charge is -2.38. The van der Waals surface area contributed by atoms with Crippen molar-refractivity contribution in [3.8, 4) is 11.1 Å². The van der Waals surface area contributed by atoms with Gasteiger partial charge in [-0.1, -0.05) is 60.7 Å². The van der Waals surface area contributed by atoms with Crippen LogP contribution in [-0.4, -0.2) is 78.2 Å². The van der Waals surface area contributed by atoms with Crippen molar-refractivity contribution in [3.63, 3.8) is 0 Å². The quantitative estimate of drug-likeness (QED) is 0.214. The number of ether oxygens (including phenoxy) is 2. The van der Waals surface area contributed by atoms with Crippen molar-refractivity contribution in [1.29, 1.82) is 0 Å². The largest absolute Gasteiger partial charge is 0.494 e. The number of benzene rings is 3. The summed E-state index contributed by atoms with van der Waals surface area (Å²) >= 11 is 0. The molecule has 11 nitrogen and oxygen atoms in total. The monoisotopic (exact) mass is 610 g/mol. The van der Waals surface area contributed by atoms with Crippen molar-refractivity contribution in [3.05, 3.63) is 122 Å². The molecular formula is C34H34N4O7. The summed E-state index contributed by atoms with van der Waals surface area (Å²) < 4.78 is 10.6. The molecule has 0 spiro atoms. The topological polar surface area (TPSA) is 134 Å². The number of aliphatic hydroxyl groups is 1. The van der Waals surface area contributed by atoms with Gasteiger partial charge < -0.3 is 19.9 Å². The average Bonchev–Trinajstić information content (AvgIpc) is 3.39. The Hall–Kier alpha value is -5.00. The smallest absolute Gasteiger partial charge is 0.340 e. The molecule has 3 aromatic rings. The first-order valence-corrected chi connectivity index (χ1v) is 14.8. The van der Waals surface area contributed by atoms with Gasteiger partial charge in [0.1, 0.15) is 12.2 Å². The number of methoxy groups -OCH3 is 1. The standard InChI is InChI=1S/C34H34N4O7/c1-21-28(29(30(32(39)35-21)33(40)44-2)22-8-7-9-23(20-22)38(42)43)34(41)45-19-18-36-14-16-37(17-15-36)31-26-12-5-3-10-24(26)25-11-4-6-13-27(25)31/h3-13,20,29,31,35,39H,14-19H2,1-2H3. The average molecular weight is 611 g/mol. The maximum atomic E-state index is 13.5. The van der Waals surface area contributed by atoms with E-state index in [-0.39, 0.29) is 40.7 Å². The minimum Gasteiger partial charge on any atom is -0.494 e. The van der Waals surface area contributed by atoms with Crippen molar-refractivity contribution < 1.29 is 29.1 Å². The van der Waals surface area contributed by atoms with Gasteiger partial charge in [0.25, 0.3) is 5.69 Å². The predicted octanol–water partition coefficient (Wildman–Crippen LogP) is 4.43. The van der Waals surface area contributed by atoms with Crippen LogP contribution in [-0.2, 0) is 19.1 Å². The highest BCUT2D eigenvalue weighted by atomic mass is 16.6. The van der Waals surface area contributed by atoms with Crippen LogP contribution in [0.4, 0.5) is 5.69 Å². The Bertz CT molecular complexity index is 1680. The molecule has 0 aromatic heterocycles. The summed E-state index contributed by atoms with van der Waals surface area (Å²) in [7, 11) is 1.15. The van der Waals surface area contributed by atoms with Gasteiger partial charge in [0.2, 0.25) is 0 Å². The normalized spacial score (nSPS) is 18.7. The third kappa shape index (κ3) is 5.67. The summed E-state index contributed by atoms with van der Waals surface area (Å²) in [6.45, 7) is 5.53. The molecular weight excluding hydrogens is 576 g/mol. The first-order valence-electron chi connectivity index (χ1n) is 14.8. The van der Waals surface area contributed by atoms with Gasteiger partial charge in [-0.3, -0.25) is 19.9 Å². The highest BCUT2D eigenvalue weighted by Gasteiger charge is 2.40. The molecule has 6 rings (SSSR count). The summed E-state index contributed by atoms with van der Waals surface area (Å²) in [4.78, 5) is 41.9. The van der Waals surface area contributed by atoms with E-state index in [1.54, 1.807) is 13.0 Å². The van der Waals surface area contributed by atoms with Crippen molar-refractivity contribution in [2.24, 2.45) is 0 Å². The number of hydrogen-bond acceptors (Lipinski definition) is 10. The van der Waals surface area contributed by atoms with E-state index in [9.17, 15) is 24.8 Å². The molecule has 0 bridgehead atoms. The molecule has 232 valence electrons. The van der Waals surface area contributed by atoms with Crippen molar-refractivity contribution in [1.82, 2.24) is 15.1 Å². The maximum absolute atomic E-state index is 13.5. The molecule has 0 amide bonds. The second-order valence-electron chi connectivity index (χ2n) is 11.3. The number of nitrogens with one attached hydrogen (secondary N) is 1. The van der Waals surface area contributed by atoms with Crippen LogP contribution in [0.5, 0.6) is 0 Å². The summed E-state index contributed by atoms with van der Waals surface area (Å²) in [5.74, 6) is -3.19.